The number of hydrogen-bond donors (Lipinski definition) is 5. The first-order valence-corrected chi connectivity index (χ1v) is 13.6. The summed E-state index contributed by atoms with van der Waals surface area (Å²) in [5, 5.41) is 21.6. The van der Waals surface area contributed by atoms with Crippen molar-refractivity contribution in [1.29, 1.82) is 0 Å². The Bertz CT molecular complexity index is 1390. The Balaban J connectivity index is 1.68. The number of hydrogen-bond acceptors (Lipinski definition) is 6. The molecule has 41 heavy (non-hydrogen) atoms. The van der Waals surface area contributed by atoms with Crippen LogP contribution in [0.3, 0.4) is 0 Å². The van der Waals surface area contributed by atoms with E-state index < -0.39 is 29.7 Å². The number of carboxylic acid groups (broad SMARTS) is 1. The van der Waals surface area contributed by atoms with Crippen LogP contribution in [0.4, 0.5) is 0 Å². The van der Waals surface area contributed by atoms with Crippen LogP contribution < -0.4 is 16.2 Å². The number of nitrogens with one attached hydrogen (secondary N) is 3. The minimum absolute atomic E-state index is 0.134. The largest absolute Gasteiger partial charge is 0.480 e. The van der Waals surface area contributed by atoms with Crippen LogP contribution in [-0.2, 0) is 34.0 Å². The van der Waals surface area contributed by atoms with Crippen molar-refractivity contribution < 1.29 is 29.4 Å². The number of carbonyl (C=O) groups excluding carboxylic acids is 3. The summed E-state index contributed by atoms with van der Waals surface area (Å²) in [7, 11) is 0. The van der Waals surface area contributed by atoms with Gasteiger partial charge in [0.2, 0.25) is 11.8 Å². The van der Waals surface area contributed by atoms with E-state index in [0.717, 1.165) is 36.2 Å². The van der Waals surface area contributed by atoms with Crippen LogP contribution >= 0.6 is 11.6 Å². The van der Waals surface area contributed by atoms with Gasteiger partial charge in [-0.05, 0) is 35.6 Å². The normalized spacial score (nSPS) is 11.5. The van der Waals surface area contributed by atoms with Gasteiger partial charge in [-0.1, -0.05) is 67.4 Å². The van der Waals surface area contributed by atoms with E-state index in [2.05, 4.69) is 28.1 Å². The molecule has 3 aromatic rings. The van der Waals surface area contributed by atoms with E-state index in [9.17, 15) is 24.3 Å². The van der Waals surface area contributed by atoms with Crippen molar-refractivity contribution in [2.45, 2.75) is 65.1 Å². The first-order chi connectivity index (χ1) is 19.6. The highest BCUT2D eigenvalue weighted by Gasteiger charge is 2.20. The second kappa shape index (κ2) is 15.0. The smallest absolute Gasteiger partial charge is 0.326 e. The van der Waals surface area contributed by atoms with E-state index in [4.69, 9.17) is 16.7 Å². The number of aliphatic hydroxyl groups is 1. The number of aliphatic carboxylic acids is 1. The van der Waals surface area contributed by atoms with Crippen molar-refractivity contribution >= 4 is 35.3 Å². The van der Waals surface area contributed by atoms with E-state index in [1.165, 1.54) is 6.92 Å². The van der Waals surface area contributed by atoms with Gasteiger partial charge in [0, 0.05) is 31.9 Å². The summed E-state index contributed by atoms with van der Waals surface area (Å²) in [4.78, 5) is 51.9. The second-order valence-electron chi connectivity index (χ2n) is 9.49. The van der Waals surface area contributed by atoms with Crippen molar-refractivity contribution in [3.05, 3.63) is 76.3 Å². The fraction of sp³-hybridized carbons (Fsp3) is 0.345. The minimum atomic E-state index is -1.25. The summed E-state index contributed by atoms with van der Waals surface area (Å²) in [6.45, 7) is 3.55. The number of nitrogens with zero attached hydrogens (tertiary/aromatic N) is 2. The molecule has 5 N–H and O–H groups in total. The van der Waals surface area contributed by atoms with Crippen molar-refractivity contribution in [1.82, 2.24) is 25.7 Å². The van der Waals surface area contributed by atoms with Crippen molar-refractivity contribution in [3.63, 3.8) is 0 Å². The molecule has 0 fully saturated rings. The second-order valence-corrected chi connectivity index (χ2v) is 9.85. The Hall–Kier alpha value is -4.22. The van der Waals surface area contributed by atoms with E-state index in [1.807, 2.05) is 28.8 Å². The molecule has 0 radical (unpaired) electrons. The van der Waals surface area contributed by atoms with Gasteiger partial charge in [-0.3, -0.25) is 25.2 Å². The van der Waals surface area contributed by atoms with Crippen LogP contribution in [0.25, 0.3) is 11.1 Å². The van der Waals surface area contributed by atoms with Crippen LogP contribution in [0, 0.1) is 0 Å². The van der Waals surface area contributed by atoms with Gasteiger partial charge in [-0.15, -0.1) is 0 Å². The maximum absolute atomic E-state index is 12.9. The van der Waals surface area contributed by atoms with Gasteiger partial charge < -0.3 is 20.1 Å². The molecular formula is C29H34ClN5O6. The molecule has 0 aliphatic carbocycles. The highest BCUT2D eigenvalue weighted by molar-refractivity contribution is 6.30. The third kappa shape index (κ3) is 8.63. The molecule has 1 aromatic heterocycles. The first-order valence-electron chi connectivity index (χ1n) is 13.3. The van der Waals surface area contributed by atoms with Crippen LogP contribution in [0.5, 0.6) is 0 Å². The van der Waals surface area contributed by atoms with E-state index in [0.29, 0.717) is 28.5 Å². The van der Waals surface area contributed by atoms with Gasteiger partial charge in [-0.25, -0.2) is 9.78 Å². The molecule has 0 saturated heterocycles. The molecule has 0 saturated carbocycles. The van der Waals surface area contributed by atoms with E-state index in [1.54, 1.807) is 24.3 Å². The number of aromatic nitrogens is 2. The summed E-state index contributed by atoms with van der Waals surface area (Å²) in [6, 6.07) is 13.3. The van der Waals surface area contributed by atoms with Gasteiger partial charge >= 0.3 is 5.97 Å². The predicted octanol–water partition coefficient (Wildman–Crippen LogP) is 3.22. The molecule has 3 rings (SSSR count). The molecule has 11 nitrogen and oxygen atoms in total. The molecule has 0 aliphatic heterocycles. The number of carboxylic acids is 1. The Labute approximate surface area is 242 Å². The van der Waals surface area contributed by atoms with E-state index in [-0.39, 0.29) is 19.4 Å². The molecule has 2 aromatic carbocycles. The SMILES string of the molecule is CCCCc1nc(Cl)c(CO)n1Cc1ccc(-c2ccccc2C(=O)NNC(=O)CCC(NC(C)=O)C(=O)O)cc1. The molecule has 1 unspecified atom stereocenters. The zero-order valence-electron chi connectivity index (χ0n) is 22.9. The van der Waals surface area contributed by atoms with Gasteiger partial charge in [0.25, 0.3) is 5.91 Å². The van der Waals surface area contributed by atoms with Crippen molar-refractivity contribution in [2.24, 2.45) is 0 Å². The Morgan fingerprint density at radius 3 is 2.39 bits per heavy atom. The number of unbranched alkanes of at least 4 members (excludes halogenated alkanes) is 1. The zero-order valence-corrected chi connectivity index (χ0v) is 23.7. The molecule has 0 aliphatic rings. The lowest BCUT2D eigenvalue weighted by Crippen LogP contribution is -2.44. The minimum Gasteiger partial charge on any atom is -0.480 e. The monoisotopic (exact) mass is 583 g/mol. The Kier molecular flexibility index (Phi) is 11.4. The quantitative estimate of drug-likeness (QED) is 0.193. The fourth-order valence-electron chi connectivity index (χ4n) is 4.31. The average molecular weight is 584 g/mol. The van der Waals surface area contributed by atoms with Crippen molar-refractivity contribution in [2.75, 3.05) is 0 Å². The molecule has 1 atom stereocenters. The molecule has 3 amide bonds. The highest BCUT2D eigenvalue weighted by atomic mass is 35.5. The summed E-state index contributed by atoms with van der Waals surface area (Å²) in [6.07, 6.45) is 2.36. The molecule has 218 valence electrons. The topological polar surface area (TPSA) is 163 Å². The van der Waals surface area contributed by atoms with Gasteiger partial charge in [0.15, 0.2) is 5.15 Å². The van der Waals surface area contributed by atoms with Crippen LogP contribution in [0.2, 0.25) is 5.15 Å². The highest BCUT2D eigenvalue weighted by Crippen LogP contribution is 2.26. The lowest BCUT2D eigenvalue weighted by atomic mass is 9.98. The van der Waals surface area contributed by atoms with Crippen LogP contribution in [0.15, 0.2) is 48.5 Å². The number of amides is 3. The van der Waals surface area contributed by atoms with Crippen LogP contribution in [-0.4, -0.2) is 49.5 Å². The fourth-order valence-corrected chi connectivity index (χ4v) is 4.57. The molecule has 12 heteroatoms. The summed E-state index contributed by atoms with van der Waals surface area (Å²) in [5.41, 5.74) is 7.94. The summed E-state index contributed by atoms with van der Waals surface area (Å²) >= 11 is 6.26. The lowest BCUT2D eigenvalue weighted by Gasteiger charge is -2.14. The molecule has 1 heterocycles. The average Bonchev–Trinajstić information content (AvgIpc) is 3.26. The standard InChI is InChI=1S/C29H34ClN5O6/c1-3-4-9-25-32-27(30)24(17-36)35(25)16-19-10-12-20(13-11-19)21-7-5-6-8-22(21)28(39)34-33-26(38)15-14-23(29(40)41)31-18(2)37/h5-8,10-13,23,36H,3-4,9,14-17H2,1-2H3,(H,31,37)(H,33,38)(H,34,39)(H,40,41). The Morgan fingerprint density at radius 1 is 1.05 bits per heavy atom. The third-order valence-corrected chi connectivity index (χ3v) is 6.74. The molecular weight excluding hydrogens is 550 g/mol. The van der Waals surface area contributed by atoms with Gasteiger partial charge in [-0.2, -0.15) is 0 Å². The van der Waals surface area contributed by atoms with Gasteiger partial charge in [0.05, 0.1) is 12.3 Å². The number of hydrazine groups is 1. The number of aryl methyl sites for hydroxylation is 1. The first kappa shape index (κ1) is 31.3. The summed E-state index contributed by atoms with van der Waals surface area (Å²) < 4.78 is 1.94. The Morgan fingerprint density at radius 2 is 1.76 bits per heavy atom. The van der Waals surface area contributed by atoms with Gasteiger partial charge in [0.1, 0.15) is 11.9 Å². The maximum Gasteiger partial charge on any atom is 0.326 e. The molecule has 0 spiro atoms. The maximum atomic E-state index is 12.9. The van der Waals surface area contributed by atoms with E-state index >= 15 is 0 Å². The number of aliphatic hydroxyl groups excluding tert-OH is 1. The number of halogens is 1. The summed E-state index contributed by atoms with van der Waals surface area (Å²) in [5.74, 6) is -2.10. The lowest BCUT2D eigenvalue weighted by molar-refractivity contribution is -0.141. The zero-order chi connectivity index (χ0) is 29.9. The number of rotatable bonds is 13. The molecule has 0 bridgehead atoms. The third-order valence-electron chi connectivity index (χ3n) is 6.43. The number of benzene rings is 2. The number of imidazole rings is 1. The van der Waals surface area contributed by atoms with Crippen LogP contribution in [0.1, 0.15) is 67.0 Å². The predicted molar refractivity (Wildman–Crippen MR) is 153 cm³/mol. The number of carbonyl (C=O) groups is 4. The van der Waals surface area contributed by atoms with Crippen molar-refractivity contribution in [3.8, 4) is 11.1 Å².